The number of ether oxygens (including phenoxy) is 1. The van der Waals surface area contributed by atoms with Crippen LogP contribution in [0.1, 0.15) is 36.0 Å². The number of amides is 1. The number of nitrogens with zero attached hydrogens (tertiary/aromatic N) is 1. The smallest absolute Gasteiger partial charge is 0.254 e. The highest BCUT2D eigenvalue weighted by Crippen LogP contribution is 2.23. The maximum atomic E-state index is 12.5. The van der Waals surface area contributed by atoms with Crippen LogP contribution in [0.2, 0.25) is 0 Å². The average molecular weight is 263 g/mol. The van der Waals surface area contributed by atoms with Crippen molar-refractivity contribution in [2.24, 2.45) is 0 Å². The second-order valence-corrected chi connectivity index (χ2v) is 4.89. The van der Waals surface area contributed by atoms with Gasteiger partial charge in [-0.1, -0.05) is 6.07 Å². The third-order valence-electron chi connectivity index (χ3n) is 3.67. The van der Waals surface area contributed by atoms with Gasteiger partial charge in [0.25, 0.3) is 5.91 Å². The van der Waals surface area contributed by atoms with Crippen molar-refractivity contribution in [3.05, 3.63) is 29.8 Å². The molecule has 1 N–H and O–H groups in total. The van der Waals surface area contributed by atoms with Crippen molar-refractivity contribution in [2.45, 2.75) is 31.7 Å². The van der Waals surface area contributed by atoms with Crippen LogP contribution in [0.5, 0.6) is 5.75 Å². The Bertz CT molecular complexity index is 431. The van der Waals surface area contributed by atoms with Gasteiger partial charge in [-0.15, -0.1) is 0 Å². The molecular weight excluding hydrogens is 242 g/mol. The molecule has 1 saturated heterocycles. The lowest BCUT2D eigenvalue weighted by molar-refractivity contribution is 0.0574. The van der Waals surface area contributed by atoms with Gasteiger partial charge in [-0.2, -0.15) is 0 Å². The molecule has 1 aromatic carbocycles. The first kappa shape index (κ1) is 13.9. The zero-order chi connectivity index (χ0) is 13.7. The molecule has 1 aliphatic heterocycles. The number of carbonyl (C=O) groups excluding carboxylic acids is 1. The van der Waals surface area contributed by atoms with Gasteiger partial charge in [0.1, 0.15) is 5.75 Å². The summed E-state index contributed by atoms with van der Waals surface area (Å²) in [6, 6.07) is 7.41. The average Bonchev–Trinajstić information content (AvgIpc) is 2.47. The van der Waals surface area contributed by atoms with E-state index in [1.807, 2.05) is 23.1 Å². The zero-order valence-electron chi connectivity index (χ0n) is 11.3. The van der Waals surface area contributed by atoms with Crippen LogP contribution in [0.25, 0.3) is 0 Å². The molecule has 4 heteroatoms. The Morgan fingerprint density at radius 3 is 3.05 bits per heavy atom. The Balaban J connectivity index is 2.16. The zero-order valence-corrected chi connectivity index (χ0v) is 11.3. The van der Waals surface area contributed by atoms with Crippen LogP contribution in [0.4, 0.5) is 0 Å². The molecule has 0 bridgehead atoms. The maximum Gasteiger partial charge on any atom is 0.254 e. The first-order valence-corrected chi connectivity index (χ1v) is 6.82. The monoisotopic (exact) mass is 263 g/mol. The third kappa shape index (κ3) is 3.26. The van der Waals surface area contributed by atoms with Gasteiger partial charge >= 0.3 is 0 Å². The van der Waals surface area contributed by atoms with Gasteiger partial charge in [-0.05, 0) is 43.9 Å². The molecule has 0 spiro atoms. The van der Waals surface area contributed by atoms with Crippen molar-refractivity contribution < 1.29 is 14.6 Å². The number of aliphatic hydroxyl groups is 1. The molecule has 0 aromatic heterocycles. The quantitative estimate of drug-likeness (QED) is 0.904. The van der Waals surface area contributed by atoms with E-state index in [9.17, 15) is 4.79 Å². The predicted molar refractivity (Wildman–Crippen MR) is 73.4 cm³/mol. The minimum absolute atomic E-state index is 0.0389. The van der Waals surface area contributed by atoms with E-state index in [0.717, 1.165) is 25.8 Å². The second-order valence-electron chi connectivity index (χ2n) is 4.89. The van der Waals surface area contributed by atoms with Crippen molar-refractivity contribution in [1.82, 2.24) is 4.90 Å². The van der Waals surface area contributed by atoms with E-state index >= 15 is 0 Å². The number of hydrogen-bond donors (Lipinski definition) is 1. The number of carbonyl (C=O) groups is 1. The Kier molecular flexibility index (Phi) is 4.80. The summed E-state index contributed by atoms with van der Waals surface area (Å²) >= 11 is 0. The lowest BCUT2D eigenvalue weighted by atomic mass is 9.98. The van der Waals surface area contributed by atoms with Gasteiger partial charge in [0.15, 0.2) is 0 Å². The molecule has 104 valence electrons. The second kappa shape index (κ2) is 6.57. The van der Waals surface area contributed by atoms with E-state index in [-0.39, 0.29) is 18.6 Å². The number of piperidine rings is 1. The van der Waals surface area contributed by atoms with E-state index in [1.54, 1.807) is 13.2 Å². The van der Waals surface area contributed by atoms with E-state index < -0.39 is 0 Å². The Labute approximate surface area is 114 Å². The maximum absolute atomic E-state index is 12.5. The molecule has 19 heavy (non-hydrogen) atoms. The normalized spacial score (nSPS) is 19.3. The Hall–Kier alpha value is -1.55. The van der Waals surface area contributed by atoms with Crippen LogP contribution in [0, 0.1) is 0 Å². The molecule has 1 heterocycles. The van der Waals surface area contributed by atoms with Crippen molar-refractivity contribution in [2.75, 3.05) is 20.3 Å². The summed E-state index contributed by atoms with van der Waals surface area (Å²) in [6.45, 7) is 0.910. The van der Waals surface area contributed by atoms with E-state index in [1.165, 1.54) is 0 Å². The number of methoxy groups -OCH3 is 1. The fourth-order valence-electron chi connectivity index (χ4n) is 2.64. The van der Waals surface area contributed by atoms with Gasteiger partial charge in [0.05, 0.1) is 7.11 Å². The van der Waals surface area contributed by atoms with Crippen LogP contribution >= 0.6 is 0 Å². The fraction of sp³-hybridized carbons (Fsp3) is 0.533. The van der Waals surface area contributed by atoms with Crippen LogP contribution in [0.3, 0.4) is 0 Å². The fourth-order valence-corrected chi connectivity index (χ4v) is 2.64. The molecule has 1 atom stereocenters. The Morgan fingerprint density at radius 2 is 2.32 bits per heavy atom. The standard InChI is InChI=1S/C15H21NO3/c1-19-14-7-4-5-12(11-14)15(18)16-9-3-2-6-13(16)8-10-17/h4-5,7,11,13,17H,2-3,6,8-10H2,1H3/t13-/m1/s1. The third-order valence-corrected chi connectivity index (χ3v) is 3.67. The summed E-state index contributed by atoms with van der Waals surface area (Å²) in [4.78, 5) is 14.4. The first-order valence-electron chi connectivity index (χ1n) is 6.82. The highest BCUT2D eigenvalue weighted by Gasteiger charge is 2.27. The lowest BCUT2D eigenvalue weighted by Crippen LogP contribution is -2.44. The number of hydrogen-bond acceptors (Lipinski definition) is 3. The summed E-state index contributed by atoms with van der Waals surface area (Å²) in [5.74, 6) is 0.735. The van der Waals surface area contributed by atoms with Crippen molar-refractivity contribution in [3.8, 4) is 5.75 Å². The molecule has 2 rings (SSSR count). The van der Waals surface area contributed by atoms with Crippen LogP contribution in [0.15, 0.2) is 24.3 Å². The molecule has 1 fully saturated rings. The van der Waals surface area contributed by atoms with Crippen LogP contribution in [-0.2, 0) is 0 Å². The molecule has 1 aliphatic rings. The molecular formula is C15H21NO3. The van der Waals surface area contributed by atoms with Crippen molar-refractivity contribution >= 4 is 5.91 Å². The van der Waals surface area contributed by atoms with Crippen molar-refractivity contribution in [3.63, 3.8) is 0 Å². The SMILES string of the molecule is COc1cccc(C(=O)N2CCCC[C@@H]2CCO)c1. The van der Waals surface area contributed by atoms with E-state index in [2.05, 4.69) is 0 Å². The molecule has 1 amide bonds. The van der Waals surface area contributed by atoms with Crippen LogP contribution < -0.4 is 4.74 Å². The highest BCUT2D eigenvalue weighted by atomic mass is 16.5. The van der Waals surface area contributed by atoms with Gasteiger partial charge < -0.3 is 14.7 Å². The summed E-state index contributed by atoms with van der Waals surface area (Å²) < 4.78 is 5.16. The molecule has 0 radical (unpaired) electrons. The molecule has 4 nitrogen and oxygen atoms in total. The highest BCUT2D eigenvalue weighted by molar-refractivity contribution is 5.94. The molecule has 0 aliphatic carbocycles. The minimum Gasteiger partial charge on any atom is -0.497 e. The van der Waals surface area contributed by atoms with Crippen LogP contribution in [-0.4, -0.2) is 42.2 Å². The minimum atomic E-state index is 0.0389. The molecule has 0 saturated carbocycles. The topological polar surface area (TPSA) is 49.8 Å². The Morgan fingerprint density at radius 1 is 1.47 bits per heavy atom. The van der Waals surface area contributed by atoms with E-state index in [0.29, 0.717) is 17.7 Å². The molecule has 0 unspecified atom stereocenters. The lowest BCUT2D eigenvalue weighted by Gasteiger charge is -2.35. The van der Waals surface area contributed by atoms with Gasteiger partial charge in [-0.25, -0.2) is 0 Å². The number of aliphatic hydroxyl groups excluding tert-OH is 1. The number of rotatable bonds is 4. The van der Waals surface area contributed by atoms with Crippen molar-refractivity contribution in [1.29, 1.82) is 0 Å². The number of benzene rings is 1. The van der Waals surface area contributed by atoms with Gasteiger partial charge in [0.2, 0.25) is 0 Å². The largest absolute Gasteiger partial charge is 0.497 e. The first-order chi connectivity index (χ1) is 9.26. The van der Waals surface area contributed by atoms with E-state index in [4.69, 9.17) is 9.84 Å². The summed E-state index contributed by atoms with van der Waals surface area (Å²) in [5.41, 5.74) is 0.657. The van der Waals surface area contributed by atoms with Gasteiger partial charge in [-0.3, -0.25) is 4.79 Å². The predicted octanol–water partition coefficient (Wildman–Crippen LogP) is 2.07. The number of likely N-dealkylation sites (tertiary alicyclic amines) is 1. The van der Waals surface area contributed by atoms with Gasteiger partial charge in [0, 0.05) is 24.8 Å². The summed E-state index contributed by atoms with van der Waals surface area (Å²) in [5, 5.41) is 9.11. The summed E-state index contributed by atoms with van der Waals surface area (Å²) in [7, 11) is 1.60. The molecule has 1 aromatic rings. The summed E-state index contributed by atoms with van der Waals surface area (Å²) in [6.07, 6.45) is 3.82.